The highest BCUT2D eigenvalue weighted by atomic mass is 35.5. The van der Waals surface area contributed by atoms with Crippen LogP contribution in [0.5, 0.6) is 0 Å². The van der Waals surface area contributed by atoms with Crippen molar-refractivity contribution in [1.82, 2.24) is 4.90 Å². The molecule has 2 aromatic carbocycles. The number of imide groups is 1. The van der Waals surface area contributed by atoms with Crippen molar-refractivity contribution in [2.75, 3.05) is 18.5 Å². The minimum Gasteiger partial charge on any atom is -0.456 e. The van der Waals surface area contributed by atoms with Crippen LogP contribution in [0.2, 0.25) is 5.02 Å². The SMILES string of the molecule is Cc1ccc(Cl)cc1NC(=O)COC(=O)CCN1C(=O)Cc2ccccc2C1=O. The van der Waals surface area contributed by atoms with Gasteiger partial charge in [-0.05, 0) is 36.2 Å². The van der Waals surface area contributed by atoms with E-state index in [4.69, 9.17) is 16.3 Å². The summed E-state index contributed by atoms with van der Waals surface area (Å²) in [5, 5.41) is 3.09. The number of carbonyl (C=O) groups excluding carboxylic acids is 4. The van der Waals surface area contributed by atoms with Crippen LogP contribution < -0.4 is 5.32 Å². The summed E-state index contributed by atoms with van der Waals surface area (Å²) >= 11 is 5.90. The summed E-state index contributed by atoms with van der Waals surface area (Å²) < 4.78 is 4.94. The molecule has 1 N–H and O–H groups in total. The minimum absolute atomic E-state index is 0.0974. The molecule has 0 aliphatic carbocycles. The van der Waals surface area contributed by atoms with E-state index < -0.39 is 24.4 Å². The first kappa shape index (κ1) is 20.5. The maximum Gasteiger partial charge on any atom is 0.308 e. The Kier molecular flexibility index (Phi) is 6.29. The molecule has 3 rings (SSSR count). The summed E-state index contributed by atoms with van der Waals surface area (Å²) in [6.45, 7) is 1.23. The number of carbonyl (C=O) groups is 4. The molecule has 29 heavy (non-hydrogen) atoms. The van der Waals surface area contributed by atoms with Crippen LogP contribution in [0.25, 0.3) is 0 Å². The number of amides is 3. The highest BCUT2D eigenvalue weighted by Crippen LogP contribution is 2.21. The van der Waals surface area contributed by atoms with Gasteiger partial charge in [0.25, 0.3) is 11.8 Å². The maximum atomic E-state index is 12.4. The Balaban J connectivity index is 1.49. The molecule has 0 saturated carbocycles. The van der Waals surface area contributed by atoms with Gasteiger partial charge in [0.15, 0.2) is 6.61 Å². The third kappa shape index (κ3) is 5.00. The van der Waals surface area contributed by atoms with Gasteiger partial charge in [0, 0.05) is 22.8 Å². The molecule has 7 nitrogen and oxygen atoms in total. The quantitative estimate of drug-likeness (QED) is 0.579. The summed E-state index contributed by atoms with van der Waals surface area (Å²) in [7, 11) is 0. The summed E-state index contributed by atoms with van der Waals surface area (Å²) in [5.41, 5.74) is 2.48. The van der Waals surface area contributed by atoms with Gasteiger partial charge < -0.3 is 10.1 Å². The smallest absolute Gasteiger partial charge is 0.308 e. The molecule has 1 aliphatic heterocycles. The second-order valence-corrected chi connectivity index (χ2v) is 7.04. The Morgan fingerprint density at radius 3 is 2.72 bits per heavy atom. The molecule has 0 fully saturated rings. The first-order valence-electron chi connectivity index (χ1n) is 8.99. The van der Waals surface area contributed by atoms with Crippen LogP contribution in [0, 0.1) is 6.92 Å². The van der Waals surface area contributed by atoms with Crippen molar-refractivity contribution < 1.29 is 23.9 Å². The third-order valence-corrected chi connectivity index (χ3v) is 4.75. The zero-order chi connectivity index (χ0) is 21.0. The molecule has 0 bridgehead atoms. The average Bonchev–Trinajstić information content (AvgIpc) is 2.69. The van der Waals surface area contributed by atoms with Crippen molar-refractivity contribution in [2.24, 2.45) is 0 Å². The van der Waals surface area contributed by atoms with E-state index in [1.165, 1.54) is 0 Å². The zero-order valence-corrected chi connectivity index (χ0v) is 16.5. The Labute approximate surface area is 172 Å². The number of aryl methyl sites for hydroxylation is 1. The normalized spacial score (nSPS) is 13.1. The van der Waals surface area contributed by atoms with Crippen LogP contribution in [0.4, 0.5) is 5.69 Å². The number of esters is 1. The fourth-order valence-corrected chi connectivity index (χ4v) is 3.13. The number of nitrogens with one attached hydrogen (secondary N) is 1. The number of benzene rings is 2. The van der Waals surface area contributed by atoms with E-state index in [2.05, 4.69) is 5.32 Å². The lowest BCUT2D eigenvalue weighted by Gasteiger charge is -2.26. The van der Waals surface area contributed by atoms with E-state index in [1.54, 1.807) is 42.5 Å². The van der Waals surface area contributed by atoms with Crippen molar-refractivity contribution in [3.05, 3.63) is 64.2 Å². The van der Waals surface area contributed by atoms with Crippen LogP contribution in [-0.2, 0) is 25.5 Å². The lowest BCUT2D eigenvalue weighted by Crippen LogP contribution is -2.43. The fourth-order valence-electron chi connectivity index (χ4n) is 2.96. The van der Waals surface area contributed by atoms with Gasteiger partial charge in [-0.25, -0.2) is 0 Å². The van der Waals surface area contributed by atoms with Crippen molar-refractivity contribution >= 4 is 41.0 Å². The molecular weight excluding hydrogens is 396 g/mol. The molecule has 0 spiro atoms. The average molecular weight is 415 g/mol. The molecule has 3 amide bonds. The molecule has 0 saturated heterocycles. The lowest BCUT2D eigenvalue weighted by molar-refractivity contribution is -0.147. The van der Waals surface area contributed by atoms with Crippen LogP contribution in [0.3, 0.4) is 0 Å². The molecule has 0 unspecified atom stereocenters. The van der Waals surface area contributed by atoms with Crippen LogP contribution in [0.15, 0.2) is 42.5 Å². The fraction of sp³-hybridized carbons (Fsp3) is 0.238. The Bertz CT molecular complexity index is 989. The Morgan fingerprint density at radius 1 is 1.17 bits per heavy atom. The van der Waals surface area contributed by atoms with E-state index in [-0.39, 0.29) is 25.3 Å². The predicted molar refractivity (Wildman–Crippen MR) is 107 cm³/mol. The molecule has 2 aromatic rings. The van der Waals surface area contributed by atoms with Crippen molar-refractivity contribution in [1.29, 1.82) is 0 Å². The number of rotatable bonds is 6. The minimum atomic E-state index is -0.678. The number of hydrogen-bond donors (Lipinski definition) is 1. The number of nitrogens with zero attached hydrogens (tertiary/aromatic N) is 1. The number of hydrogen-bond acceptors (Lipinski definition) is 5. The predicted octanol–water partition coefficient (Wildman–Crippen LogP) is 2.75. The molecule has 150 valence electrons. The van der Waals surface area contributed by atoms with Gasteiger partial charge >= 0.3 is 5.97 Å². The van der Waals surface area contributed by atoms with E-state index in [0.717, 1.165) is 10.5 Å². The molecule has 1 heterocycles. The van der Waals surface area contributed by atoms with Crippen LogP contribution in [0.1, 0.15) is 27.9 Å². The number of halogens is 1. The van der Waals surface area contributed by atoms with Gasteiger partial charge in [0.05, 0.1) is 12.8 Å². The van der Waals surface area contributed by atoms with E-state index >= 15 is 0 Å². The van der Waals surface area contributed by atoms with E-state index in [9.17, 15) is 19.2 Å². The highest BCUT2D eigenvalue weighted by Gasteiger charge is 2.30. The first-order chi connectivity index (χ1) is 13.8. The number of anilines is 1. The first-order valence-corrected chi connectivity index (χ1v) is 9.37. The van der Waals surface area contributed by atoms with Gasteiger partial charge in [-0.15, -0.1) is 0 Å². The Hall–Kier alpha value is -3.19. The van der Waals surface area contributed by atoms with Crippen molar-refractivity contribution in [2.45, 2.75) is 19.8 Å². The van der Waals surface area contributed by atoms with Gasteiger partial charge in [0.2, 0.25) is 5.91 Å². The van der Waals surface area contributed by atoms with Gasteiger partial charge in [0.1, 0.15) is 0 Å². The summed E-state index contributed by atoms with van der Waals surface area (Å²) in [6, 6.07) is 11.9. The number of ether oxygens (including phenoxy) is 1. The standard InChI is InChI=1S/C21H19ClN2O5/c1-13-6-7-15(22)11-17(13)23-18(25)12-29-20(27)8-9-24-19(26)10-14-4-2-3-5-16(14)21(24)28/h2-7,11H,8-10,12H2,1H3,(H,23,25). The molecule has 8 heteroatoms. The zero-order valence-electron chi connectivity index (χ0n) is 15.7. The highest BCUT2D eigenvalue weighted by molar-refractivity contribution is 6.31. The third-order valence-electron chi connectivity index (χ3n) is 4.51. The molecule has 0 atom stereocenters. The summed E-state index contributed by atoms with van der Waals surface area (Å²) in [5.74, 6) is -1.99. The van der Waals surface area contributed by atoms with Crippen molar-refractivity contribution in [3.8, 4) is 0 Å². The molecule has 0 aromatic heterocycles. The van der Waals surface area contributed by atoms with Gasteiger partial charge in [-0.3, -0.25) is 24.1 Å². The van der Waals surface area contributed by atoms with E-state index in [0.29, 0.717) is 21.8 Å². The molecular formula is C21H19ClN2O5. The van der Waals surface area contributed by atoms with Crippen LogP contribution >= 0.6 is 11.6 Å². The monoisotopic (exact) mass is 414 g/mol. The number of fused-ring (bicyclic) bond motifs is 1. The van der Waals surface area contributed by atoms with Gasteiger partial charge in [-0.2, -0.15) is 0 Å². The molecule has 0 radical (unpaired) electrons. The van der Waals surface area contributed by atoms with Gasteiger partial charge in [-0.1, -0.05) is 35.9 Å². The summed E-state index contributed by atoms with van der Waals surface area (Å²) in [6.07, 6.45) is -0.0819. The Morgan fingerprint density at radius 2 is 1.93 bits per heavy atom. The summed E-state index contributed by atoms with van der Waals surface area (Å²) in [4.78, 5) is 49.6. The van der Waals surface area contributed by atoms with E-state index in [1.807, 2.05) is 6.92 Å². The second kappa shape index (κ2) is 8.87. The maximum absolute atomic E-state index is 12.4. The largest absolute Gasteiger partial charge is 0.456 e. The van der Waals surface area contributed by atoms with Crippen molar-refractivity contribution in [3.63, 3.8) is 0 Å². The lowest BCUT2D eigenvalue weighted by atomic mass is 9.98. The second-order valence-electron chi connectivity index (χ2n) is 6.60. The molecule has 1 aliphatic rings. The van der Waals surface area contributed by atoms with Crippen LogP contribution in [-0.4, -0.2) is 41.7 Å². The topological polar surface area (TPSA) is 92.8 Å².